The zero-order chi connectivity index (χ0) is 20.8. The maximum Gasteiger partial charge on any atom is 0.401 e. The van der Waals surface area contributed by atoms with Gasteiger partial charge >= 0.3 is 6.18 Å². The molecular formula is C19H32F3IN4O2. The molecule has 29 heavy (non-hydrogen) atoms. The number of aliphatic imine (C=N–C) groups is 1. The zero-order valence-electron chi connectivity index (χ0n) is 17.2. The summed E-state index contributed by atoms with van der Waals surface area (Å²) in [5, 5.41) is 6.31. The van der Waals surface area contributed by atoms with Crippen molar-refractivity contribution < 1.29 is 22.6 Å². The van der Waals surface area contributed by atoms with E-state index in [9.17, 15) is 13.2 Å². The van der Waals surface area contributed by atoms with Crippen LogP contribution in [0.3, 0.4) is 0 Å². The van der Waals surface area contributed by atoms with Crippen molar-refractivity contribution in [2.75, 3.05) is 58.9 Å². The zero-order valence-corrected chi connectivity index (χ0v) is 19.5. The molecule has 0 spiro atoms. The molecule has 0 aliphatic carbocycles. The Morgan fingerprint density at radius 1 is 1.21 bits per heavy atom. The van der Waals surface area contributed by atoms with Gasteiger partial charge in [-0.2, -0.15) is 13.2 Å². The predicted molar refractivity (Wildman–Crippen MR) is 122 cm³/mol. The van der Waals surface area contributed by atoms with Crippen molar-refractivity contribution in [3.63, 3.8) is 0 Å². The van der Waals surface area contributed by atoms with Crippen LogP contribution < -0.4 is 15.4 Å². The number of nitrogens with one attached hydrogen (secondary N) is 2. The van der Waals surface area contributed by atoms with Gasteiger partial charge in [0.2, 0.25) is 0 Å². The first-order chi connectivity index (χ1) is 13.3. The highest BCUT2D eigenvalue weighted by Crippen LogP contribution is 2.18. The molecule has 0 atom stereocenters. The molecule has 0 radical (unpaired) electrons. The Morgan fingerprint density at radius 3 is 2.62 bits per heavy atom. The number of alkyl halides is 3. The van der Waals surface area contributed by atoms with Crippen molar-refractivity contribution in [3.05, 3.63) is 24.3 Å². The van der Waals surface area contributed by atoms with Crippen LogP contribution in [0.5, 0.6) is 5.75 Å². The van der Waals surface area contributed by atoms with Gasteiger partial charge in [-0.05, 0) is 39.1 Å². The number of rotatable bonds is 12. The van der Waals surface area contributed by atoms with E-state index in [0.717, 1.165) is 17.9 Å². The lowest BCUT2D eigenvalue weighted by Crippen LogP contribution is -2.33. The minimum atomic E-state index is -4.18. The van der Waals surface area contributed by atoms with Gasteiger partial charge < -0.3 is 20.1 Å². The highest BCUT2D eigenvalue weighted by Gasteiger charge is 2.28. The number of halogens is 4. The number of nitrogens with zero attached hydrogens (tertiary/aromatic N) is 2. The summed E-state index contributed by atoms with van der Waals surface area (Å²) in [7, 11) is 3.11. The third kappa shape index (κ3) is 14.4. The lowest BCUT2D eigenvalue weighted by Gasteiger charge is -2.18. The topological polar surface area (TPSA) is 58.1 Å². The molecule has 168 valence electrons. The molecule has 0 saturated carbocycles. The lowest BCUT2D eigenvalue weighted by molar-refractivity contribution is -0.143. The molecule has 1 aromatic carbocycles. The molecule has 0 fully saturated rings. The van der Waals surface area contributed by atoms with Gasteiger partial charge in [-0.1, -0.05) is 6.07 Å². The number of methoxy groups -OCH3 is 1. The largest absolute Gasteiger partial charge is 0.493 e. The first kappa shape index (κ1) is 27.7. The summed E-state index contributed by atoms with van der Waals surface area (Å²) in [5.74, 6) is 1.32. The second-order valence-corrected chi connectivity index (χ2v) is 6.31. The van der Waals surface area contributed by atoms with Gasteiger partial charge in [-0.15, -0.1) is 24.0 Å². The van der Waals surface area contributed by atoms with Crippen molar-refractivity contribution in [1.29, 1.82) is 0 Å². The maximum atomic E-state index is 12.3. The molecule has 0 bridgehead atoms. The van der Waals surface area contributed by atoms with Crippen molar-refractivity contribution in [1.82, 2.24) is 10.2 Å². The summed E-state index contributed by atoms with van der Waals surface area (Å²) in [6.45, 7) is 3.67. The molecule has 0 aromatic heterocycles. The minimum absolute atomic E-state index is 0. The first-order valence-corrected chi connectivity index (χ1v) is 9.36. The second kappa shape index (κ2) is 15.6. The molecule has 10 heteroatoms. The van der Waals surface area contributed by atoms with E-state index in [1.807, 2.05) is 31.2 Å². The Balaban J connectivity index is 0.00000784. The fourth-order valence-electron chi connectivity index (χ4n) is 2.42. The van der Waals surface area contributed by atoms with Crippen LogP contribution in [0.25, 0.3) is 0 Å². The highest BCUT2D eigenvalue weighted by molar-refractivity contribution is 14.0. The summed E-state index contributed by atoms with van der Waals surface area (Å²) in [5.41, 5.74) is 0.818. The minimum Gasteiger partial charge on any atom is -0.493 e. The standard InChI is InChI=1S/C19H31F3N4O2.HI/c1-4-23-18(24-10-6-11-26(2)15-19(20,21)22)25-16-8-5-9-17(14-16)28-13-7-12-27-3;/h5,8-9,14H,4,6-7,10-13,15H2,1-3H3,(H2,23,24,25);1H. The number of hydrogen-bond donors (Lipinski definition) is 2. The molecular weight excluding hydrogens is 500 g/mol. The number of anilines is 1. The van der Waals surface area contributed by atoms with Crippen LogP contribution in [0, 0.1) is 0 Å². The van der Waals surface area contributed by atoms with Gasteiger partial charge in [0.05, 0.1) is 13.2 Å². The summed E-state index contributed by atoms with van der Waals surface area (Å²) in [6.07, 6.45) is -2.84. The Kier molecular flexibility index (Phi) is 14.9. The van der Waals surface area contributed by atoms with E-state index < -0.39 is 12.7 Å². The Labute approximate surface area is 188 Å². The lowest BCUT2D eigenvalue weighted by atomic mass is 10.3. The Hall–Kier alpha value is -1.27. The summed E-state index contributed by atoms with van der Waals surface area (Å²) < 4.78 is 47.7. The number of benzene rings is 1. The van der Waals surface area contributed by atoms with Crippen molar-refractivity contribution in [3.8, 4) is 5.75 Å². The molecule has 0 unspecified atom stereocenters. The highest BCUT2D eigenvalue weighted by atomic mass is 127. The molecule has 2 N–H and O–H groups in total. The van der Waals surface area contributed by atoms with Gasteiger partial charge in [0.25, 0.3) is 0 Å². The van der Waals surface area contributed by atoms with E-state index in [2.05, 4.69) is 15.6 Å². The van der Waals surface area contributed by atoms with Crippen LogP contribution in [-0.2, 0) is 4.74 Å². The molecule has 1 rings (SSSR count). The van der Waals surface area contributed by atoms with Crippen LogP contribution in [0.4, 0.5) is 18.9 Å². The van der Waals surface area contributed by atoms with E-state index in [4.69, 9.17) is 9.47 Å². The molecule has 6 nitrogen and oxygen atoms in total. The average molecular weight is 532 g/mol. The normalized spacial score (nSPS) is 11.9. The van der Waals surface area contributed by atoms with Gasteiger partial charge in [-0.3, -0.25) is 9.89 Å². The number of hydrogen-bond acceptors (Lipinski definition) is 4. The van der Waals surface area contributed by atoms with Gasteiger partial charge in [0.1, 0.15) is 5.75 Å². The van der Waals surface area contributed by atoms with Crippen LogP contribution >= 0.6 is 24.0 Å². The van der Waals surface area contributed by atoms with Gasteiger partial charge in [-0.25, -0.2) is 0 Å². The number of ether oxygens (including phenoxy) is 2. The fraction of sp³-hybridized carbons (Fsp3) is 0.632. The van der Waals surface area contributed by atoms with Crippen LogP contribution in [0.2, 0.25) is 0 Å². The van der Waals surface area contributed by atoms with Gasteiger partial charge in [0, 0.05) is 45.0 Å². The molecule has 0 aliphatic heterocycles. The molecule has 0 aliphatic rings. The SMILES string of the molecule is CCNC(=NCCCN(C)CC(F)(F)F)Nc1cccc(OCCCOC)c1.I. The predicted octanol–water partition coefficient (Wildman–Crippen LogP) is 3.98. The first-order valence-electron chi connectivity index (χ1n) is 9.36. The summed E-state index contributed by atoms with van der Waals surface area (Å²) in [4.78, 5) is 5.67. The Morgan fingerprint density at radius 2 is 1.97 bits per heavy atom. The van der Waals surface area contributed by atoms with E-state index >= 15 is 0 Å². The van der Waals surface area contributed by atoms with Crippen molar-refractivity contribution in [2.45, 2.75) is 25.9 Å². The number of guanidine groups is 1. The van der Waals surface area contributed by atoms with Crippen molar-refractivity contribution >= 4 is 35.6 Å². The average Bonchev–Trinajstić information content (AvgIpc) is 2.61. The van der Waals surface area contributed by atoms with Crippen molar-refractivity contribution in [2.24, 2.45) is 4.99 Å². The Bertz CT molecular complexity index is 589. The van der Waals surface area contributed by atoms with E-state index in [-0.39, 0.29) is 24.0 Å². The second-order valence-electron chi connectivity index (χ2n) is 6.31. The van der Waals surface area contributed by atoms with E-state index in [1.165, 1.54) is 11.9 Å². The fourth-order valence-corrected chi connectivity index (χ4v) is 2.42. The van der Waals surface area contributed by atoms with Gasteiger partial charge in [0.15, 0.2) is 5.96 Å². The molecule has 0 saturated heterocycles. The molecule has 0 amide bonds. The third-order valence-electron chi connectivity index (χ3n) is 3.62. The summed E-state index contributed by atoms with van der Waals surface area (Å²) >= 11 is 0. The van der Waals surface area contributed by atoms with E-state index in [1.54, 1.807) is 7.11 Å². The quantitative estimate of drug-likeness (QED) is 0.185. The maximum absolute atomic E-state index is 12.3. The smallest absolute Gasteiger partial charge is 0.401 e. The molecule has 0 heterocycles. The third-order valence-corrected chi connectivity index (χ3v) is 3.62. The molecule has 1 aromatic rings. The van der Waals surface area contributed by atoms with Crippen LogP contribution in [0.1, 0.15) is 19.8 Å². The summed E-state index contributed by atoms with van der Waals surface area (Å²) in [6, 6.07) is 7.52. The monoisotopic (exact) mass is 532 g/mol. The van der Waals surface area contributed by atoms with E-state index in [0.29, 0.717) is 45.2 Å². The van der Waals surface area contributed by atoms with Crippen LogP contribution in [-0.4, -0.2) is 70.6 Å². The van der Waals surface area contributed by atoms with Crippen LogP contribution in [0.15, 0.2) is 29.3 Å².